The molecule has 0 amide bonds. The molecule has 1 aromatic carbocycles. The number of hydrogen-bond donors (Lipinski definition) is 1. The lowest BCUT2D eigenvalue weighted by atomic mass is 10.1. The van der Waals surface area contributed by atoms with E-state index in [1.54, 1.807) is 7.11 Å². The second-order valence-corrected chi connectivity index (χ2v) is 8.16. The summed E-state index contributed by atoms with van der Waals surface area (Å²) in [6.45, 7) is 8.34. The standard InChI is InChI=1S/C24H39N3O4.HI/c1-3-25-24(26-18-20-7-9-21(10-8-20)30-17-16-28-2)27-13-11-22(12-14-27)31-19-23-6-4-5-15-29-23;/h7-10,22-23H,3-6,11-19H2,1-2H3,(H,25,26);1H. The van der Waals surface area contributed by atoms with E-state index in [1.807, 2.05) is 12.1 Å². The van der Waals surface area contributed by atoms with Crippen molar-refractivity contribution >= 4 is 29.9 Å². The molecule has 3 rings (SSSR count). The van der Waals surface area contributed by atoms with Gasteiger partial charge in [-0.3, -0.25) is 0 Å². The number of nitrogens with one attached hydrogen (secondary N) is 1. The van der Waals surface area contributed by atoms with E-state index < -0.39 is 0 Å². The van der Waals surface area contributed by atoms with E-state index in [9.17, 15) is 0 Å². The first kappa shape index (κ1) is 27.1. The van der Waals surface area contributed by atoms with Crippen LogP contribution in [0, 0.1) is 0 Å². The van der Waals surface area contributed by atoms with Crippen LogP contribution >= 0.6 is 24.0 Å². The average molecular weight is 562 g/mol. The number of likely N-dealkylation sites (tertiary alicyclic amines) is 1. The van der Waals surface area contributed by atoms with Crippen molar-refractivity contribution in [1.29, 1.82) is 0 Å². The van der Waals surface area contributed by atoms with Crippen molar-refractivity contribution in [3.05, 3.63) is 29.8 Å². The van der Waals surface area contributed by atoms with E-state index >= 15 is 0 Å². The highest BCUT2D eigenvalue weighted by atomic mass is 127. The van der Waals surface area contributed by atoms with E-state index in [4.69, 9.17) is 23.9 Å². The predicted molar refractivity (Wildman–Crippen MR) is 138 cm³/mol. The number of guanidine groups is 1. The fraction of sp³-hybridized carbons (Fsp3) is 0.708. The van der Waals surface area contributed by atoms with Crippen LogP contribution in [-0.2, 0) is 20.8 Å². The molecule has 2 saturated heterocycles. The first-order valence-corrected chi connectivity index (χ1v) is 11.8. The minimum absolute atomic E-state index is 0. The maximum absolute atomic E-state index is 6.15. The molecule has 0 bridgehead atoms. The lowest BCUT2D eigenvalue weighted by Crippen LogP contribution is -2.47. The summed E-state index contributed by atoms with van der Waals surface area (Å²) in [5.41, 5.74) is 1.17. The first-order chi connectivity index (χ1) is 15.3. The lowest BCUT2D eigenvalue weighted by Gasteiger charge is -2.35. The van der Waals surface area contributed by atoms with Crippen LogP contribution in [0.25, 0.3) is 0 Å². The van der Waals surface area contributed by atoms with Crippen LogP contribution < -0.4 is 10.1 Å². The van der Waals surface area contributed by atoms with Gasteiger partial charge in [0.05, 0.1) is 32.0 Å². The quantitative estimate of drug-likeness (QED) is 0.203. The zero-order chi connectivity index (χ0) is 21.7. The molecule has 2 aliphatic heterocycles. The third-order valence-corrected chi connectivity index (χ3v) is 5.76. The number of halogens is 1. The molecule has 1 unspecified atom stereocenters. The van der Waals surface area contributed by atoms with E-state index in [2.05, 4.69) is 29.3 Å². The lowest BCUT2D eigenvalue weighted by molar-refractivity contribution is -0.0721. The number of hydrogen-bond acceptors (Lipinski definition) is 5. The topological polar surface area (TPSA) is 64.6 Å². The van der Waals surface area contributed by atoms with Gasteiger partial charge in [-0.25, -0.2) is 4.99 Å². The van der Waals surface area contributed by atoms with Crippen molar-refractivity contribution in [2.45, 2.75) is 57.8 Å². The molecular weight excluding hydrogens is 521 g/mol. The summed E-state index contributed by atoms with van der Waals surface area (Å²) in [4.78, 5) is 7.22. The van der Waals surface area contributed by atoms with Gasteiger partial charge in [0.25, 0.3) is 0 Å². The Balaban J connectivity index is 0.00000363. The smallest absolute Gasteiger partial charge is 0.194 e. The Morgan fingerprint density at radius 2 is 1.91 bits per heavy atom. The molecule has 2 fully saturated rings. The molecule has 0 saturated carbocycles. The second-order valence-electron chi connectivity index (χ2n) is 8.16. The highest BCUT2D eigenvalue weighted by Gasteiger charge is 2.23. The number of ether oxygens (including phenoxy) is 4. The minimum atomic E-state index is 0. The summed E-state index contributed by atoms with van der Waals surface area (Å²) in [6.07, 6.45) is 6.27. The van der Waals surface area contributed by atoms with Crippen LogP contribution in [-0.4, -0.2) is 76.2 Å². The van der Waals surface area contributed by atoms with Crippen molar-refractivity contribution in [3.8, 4) is 5.75 Å². The third kappa shape index (κ3) is 9.41. The highest BCUT2D eigenvalue weighted by molar-refractivity contribution is 14.0. The maximum Gasteiger partial charge on any atom is 0.194 e. The van der Waals surface area contributed by atoms with Gasteiger partial charge in [0.2, 0.25) is 0 Å². The summed E-state index contributed by atoms with van der Waals surface area (Å²) >= 11 is 0. The number of piperidine rings is 1. The fourth-order valence-corrected chi connectivity index (χ4v) is 3.94. The largest absolute Gasteiger partial charge is 0.491 e. The van der Waals surface area contributed by atoms with Gasteiger partial charge in [-0.15, -0.1) is 24.0 Å². The van der Waals surface area contributed by atoms with Gasteiger partial charge in [-0.2, -0.15) is 0 Å². The van der Waals surface area contributed by atoms with E-state index in [0.717, 1.165) is 63.8 Å². The summed E-state index contributed by atoms with van der Waals surface area (Å²) < 4.78 is 22.6. The molecule has 0 aromatic heterocycles. The summed E-state index contributed by atoms with van der Waals surface area (Å²) in [5, 5.41) is 3.44. The molecule has 1 aromatic rings. The van der Waals surface area contributed by atoms with Gasteiger partial charge < -0.3 is 29.2 Å². The Morgan fingerprint density at radius 1 is 1.12 bits per heavy atom. The van der Waals surface area contributed by atoms with Crippen molar-refractivity contribution in [3.63, 3.8) is 0 Å². The minimum Gasteiger partial charge on any atom is -0.491 e. The molecule has 2 aliphatic rings. The van der Waals surface area contributed by atoms with Crippen LogP contribution in [0.3, 0.4) is 0 Å². The van der Waals surface area contributed by atoms with E-state index in [0.29, 0.717) is 32.0 Å². The molecular formula is C24H40IN3O4. The van der Waals surface area contributed by atoms with Crippen LogP contribution in [0.2, 0.25) is 0 Å². The molecule has 0 spiro atoms. The Bertz CT molecular complexity index is 645. The molecule has 0 aliphatic carbocycles. The highest BCUT2D eigenvalue weighted by Crippen LogP contribution is 2.18. The van der Waals surface area contributed by atoms with Crippen LogP contribution in [0.1, 0.15) is 44.6 Å². The third-order valence-electron chi connectivity index (χ3n) is 5.76. The fourth-order valence-electron chi connectivity index (χ4n) is 3.94. The average Bonchev–Trinajstić information content (AvgIpc) is 2.82. The van der Waals surface area contributed by atoms with Crippen molar-refractivity contribution < 1.29 is 18.9 Å². The molecule has 182 valence electrons. The monoisotopic (exact) mass is 561 g/mol. The molecule has 7 nitrogen and oxygen atoms in total. The van der Waals surface area contributed by atoms with Crippen molar-refractivity contribution in [2.75, 3.05) is 53.2 Å². The summed E-state index contributed by atoms with van der Waals surface area (Å²) in [6, 6.07) is 8.13. The number of rotatable bonds is 10. The molecule has 1 N–H and O–H groups in total. The van der Waals surface area contributed by atoms with Crippen LogP contribution in [0.5, 0.6) is 5.75 Å². The van der Waals surface area contributed by atoms with Gasteiger partial charge in [-0.05, 0) is 56.7 Å². The first-order valence-electron chi connectivity index (χ1n) is 11.8. The number of aliphatic imine (C=N–C) groups is 1. The molecule has 2 heterocycles. The van der Waals surface area contributed by atoms with E-state index in [1.165, 1.54) is 18.4 Å². The molecule has 8 heteroatoms. The number of methoxy groups -OCH3 is 1. The Labute approximate surface area is 210 Å². The predicted octanol–water partition coefficient (Wildman–Crippen LogP) is 3.85. The van der Waals surface area contributed by atoms with Crippen molar-refractivity contribution in [1.82, 2.24) is 10.2 Å². The van der Waals surface area contributed by atoms with Gasteiger partial charge in [0.1, 0.15) is 12.4 Å². The van der Waals surface area contributed by atoms with Gasteiger partial charge in [-0.1, -0.05) is 12.1 Å². The Morgan fingerprint density at radius 3 is 2.56 bits per heavy atom. The zero-order valence-electron chi connectivity index (χ0n) is 19.6. The van der Waals surface area contributed by atoms with Crippen LogP contribution in [0.15, 0.2) is 29.3 Å². The Hall–Kier alpha value is -1.10. The van der Waals surface area contributed by atoms with E-state index in [-0.39, 0.29) is 24.0 Å². The molecule has 0 radical (unpaired) electrons. The van der Waals surface area contributed by atoms with Crippen LogP contribution in [0.4, 0.5) is 0 Å². The SMILES string of the molecule is CCNC(=NCc1ccc(OCCOC)cc1)N1CCC(OCC2CCCCO2)CC1.I. The number of nitrogens with zero attached hydrogens (tertiary/aromatic N) is 2. The Kier molecular flexibility index (Phi) is 13.3. The normalized spacial score (nSPS) is 20.0. The van der Waals surface area contributed by atoms with Crippen molar-refractivity contribution in [2.24, 2.45) is 4.99 Å². The zero-order valence-corrected chi connectivity index (χ0v) is 21.9. The summed E-state index contributed by atoms with van der Waals surface area (Å²) in [5.74, 6) is 1.84. The number of benzene rings is 1. The molecule has 1 atom stereocenters. The molecule has 32 heavy (non-hydrogen) atoms. The van der Waals surface area contributed by atoms with Gasteiger partial charge in [0.15, 0.2) is 5.96 Å². The second kappa shape index (κ2) is 15.7. The van der Waals surface area contributed by atoms with Gasteiger partial charge >= 0.3 is 0 Å². The van der Waals surface area contributed by atoms with Gasteiger partial charge in [0, 0.05) is 33.4 Å². The maximum atomic E-state index is 6.15. The summed E-state index contributed by atoms with van der Waals surface area (Å²) in [7, 11) is 1.67.